The monoisotopic (exact) mass is 251 g/mol. The average Bonchev–Trinajstić information content (AvgIpc) is 2.73. The number of hydrogen-bond donors (Lipinski definition) is 1. The zero-order valence-electron chi connectivity index (χ0n) is 9.56. The van der Waals surface area contributed by atoms with Gasteiger partial charge >= 0.3 is 0 Å². The van der Waals surface area contributed by atoms with Crippen molar-refractivity contribution in [2.75, 3.05) is 0 Å². The molecule has 1 aromatic carbocycles. The minimum Gasteiger partial charge on any atom is -0.489 e. The van der Waals surface area contributed by atoms with Crippen LogP contribution in [0.3, 0.4) is 0 Å². The Morgan fingerprint density at radius 3 is 2.88 bits per heavy atom. The van der Waals surface area contributed by atoms with Crippen LogP contribution in [0, 0.1) is 0 Å². The van der Waals surface area contributed by atoms with E-state index in [0.717, 1.165) is 16.9 Å². The van der Waals surface area contributed by atoms with E-state index in [1.807, 2.05) is 25.4 Å². The van der Waals surface area contributed by atoms with E-state index in [-0.39, 0.29) is 0 Å². The van der Waals surface area contributed by atoms with Crippen LogP contribution in [-0.4, -0.2) is 9.78 Å². The lowest BCUT2D eigenvalue weighted by molar-refractivity contribution is 0.306. The molecular formula is C12H14ClN3O. The lowest BCUT2D eigenvalue weighted by atomic mass is 10.2. The van der Waals surface area contributed by atoms with Crippen molar-refractivity contribution >= 4 is 11.6 Å². The number of aryl methyl sites for hydroxylation is 1. The van der Waals surface area contributed by atoms with Crippen molar-refractivity contribution < 1.29 is 4.74 Å². The second-order valence-electron chi connectivity index (χ2n) is 3.77. The molecule has 90 valence electrons. The van der Waals surface area contributed by atoms with Crippen LogP contribution in [-0.2, 0) is 20.2 Å². The largest absolute Gasteiger partial charge is 0.489 e. The third-order valence-corrected chi connectivity index (χ3v) is 2.76. The number of nitrogens with zero attached hydrogens (tertiary/aromatic N) is 2. The Bertz CT molecular complexity index is 510. The Balaban J connectivity index is 2.02. The summed E-state index contributed by atoms with van der Waals surface area (Å²) >= 11 is 6.04. The molecule has 2 aromatic rings. The highest BCUT2D eigenvalue weighted by molar-refractivity contribution is 6.31. The van der Waals surface area contributed by atoms with Gasteiger partial charge in [-0.15, -0.1) is 0 Å². The van der Waals surface area contributed by atoms with Crippen LogP contribution in [0.1, 0.15) is 11.1 Å². The molecule has 0 aliphatic rings. The van der Waals surface area contributed by atoms with Gasteiger partial charge in [-0.1, -0.05) is 17.7 Å². The van der Waals surface area contributed by atoms with Crippen molar-refractivity contribution in [2.24, 2.45) is 12.8 Å². The highest BCUT2D eigenvalue weighted by Crippen LogP contribution is 2.22. The van der Waals surface area contributed by atoms with E-state index in [0.29, 0.717) is 18.2 Å². The summed E-state index contributed by atoms with van der Waals surface area (Å²) < 4.78 is 7.35. The Hall–Kier alpha value is -1.52. The maximum Gasteiger partial charge on any atom is 0.121 e. The molecule has 0 unspecified atom stereocenters. The lowest BCUT2D eigenvalue weighted by Crippen LogP contribution is -1.98. The summed E-state index contributed by atoms with van der Waals surface area (Å²) in [6.07, 6.45) is 3.69. The Morgan fingerprint density at radius 2 is 2.29 bits per heavy atom. The molecule has 0 saturated carbocycles. The standard InChI is InChI=1S/C12H14ClN3O/c1-16-7-9(6-15-16)8-17-11-3-2-10(5-14)12(13)4-11/h2-4,6-7H,5,8,14H2,1H3. The average molecular weight is 252 g/mol. The fourth-order valence-electron chi connectivity index (χ4n) is 1.50. The molecule has 2 N–H and O–H groups in total. The van der Waals surface area contributed by atoms with Crippen molar-refractivity contribution in [3.05, 3.63) is 46.7 Å². The fourth-order valence-corrected chi connectivity index (χ4v) is 1.74. The minimum atomic E-state index is 0.432. The second-order valence-corrected chi connectivity index (χ2v) is 4.18. The van der Waals surface area contributed by atoms with Gasteiger partial charge in [0.1, 0.15) is 12.4 Å². The molecule has 0 amide bonds. The van der Waals surface area contributed by atoms with E-state index in [9.17, 15) is 0 Å². The minimum absolute atomic E-state index is 0.432. The van der Waals surface area contributed by atoms with Gasteiger partial charge in [-0.05, 0) is 17.7 Å². The number of hydrogen-bond acceptors (Lipinski definition) is 3. The van der Waals surface area contributed by atoms with Gasteiger partial charge in [-0.3, -0.25) is 4.68 Å². The van der Waals surface area contributed by atoms with E-state index in [2.05, 4.69) is 5.10 Å². The smallest absolute Gasteiger partial charge is 0.121 e. The van der Waals surface area contributed by atoms with Crippen molar-refractivity contribution in [1.82, 2.24) is 9.78 Å². The summed E-state index contributed by atoms with van der Waals surface area (Å²) in [5, 5.41) is 4.70. The first kappa shape index (κ1) is 12.0. The van der Waals surface area contributed by atoms with Crippen LogP contribution in [0.25, 0.3) is 0 Å². The second kappa shape index (κ2) is 5.21. The predicted molar refractivity (Wildman–Crippen MR) is 66.9 cm³/mol. The first-order valence-electron chi connectivity index (χ1n) is 5.28. The van der Waals surface area contributed by atoms with Crippen molar-refractivity contribution in [2.45, 2.75) is 13.2 Å². The Morgan fingerprint density at radius 1 is 1.47 bits per heavy atom. The molecule has 0 aliphatic heterocycles. The van der Waals surface area contributed by atoms with Gasteiger partial charge in [0.05, 0.1) is 6.20 Å². The maximum absolute atomic E-state index is 6.04. The summed E-state index contributed by atoms with van der Waals surface area (Å²) in [7, 11) is 1.87. The van der Waals surface area contributed by atoms with E-state index in [4.69, 9.17) is 22.1 Å². The van der Waals surface area contributed by atoms with Gasteiger partial charge in [0, 0.05) is 30.4 Å². The Kier molecular flexibility index (Phi) is 3.66. The van der Waals surface area contributed by atoms with Crippen molar-refractivity contribution in [3.63, 3.8) is 0 Å². The van der Waals surface area contributed by atoms with E-state index >= 15 is 0 Å². The third-order valence-electron chi connectivity index (χ3n) is 2.41. The molecule has 0 radical (unpaired) electrons. The molecule has 0 saturated heterocycles. The van der Waals surface area contributed by atoms with Gasteiger partial charge in [0.2, 0.25) is 0 Å². The number of ether oxygens (including phenoxy) is 1. The van der Waals surface area contributed by atoms with E-state index < -0.39 is 0 Å². The Labute approximate surface area is 105 Å². The highest BCUT2D eigenvalue weighted by Gasteiger charge is 2.02. The predicted octanol–water partition coefficient (Wildman–Crippen LogP) is 2.11. The molecule has 5 heteroatoms. The summed E-state index contributed by atoms with van der Waals surface area (Å²) in [6.45, 7) is 0.911. The zero-order chi connectivity index (χ0) is 12.3. The van der Waals surface area contributed by atoms with Crippen LogP contribution < -0.4 is 10.5 Å². The normalized spacial score (nSPS) is 10.5. The first-order chi connectivity index (χ1) is 8.19. The number of nitrogens with two attached hydrogens (primary N) is 1. The molecule has 0 atom stereocenters. The van der Waals surface area contributed by atoms with Crippen molar-refractivity contribution in [3.8, 4) is 5.75 Å². The molecule has 1 heterocycles. The first-order valence-corrected chi connectivity index (χ1v) is 5.65. The summed E-state index contributed by atoms with van der Waals surface area (Å²) in [5.74, 6) is 0.732. The van der Waals surface area contributed by atoms with Gasteiger partial charge in [-0.2, -0.15) is 5.10 Å². The van der Waals surface area contributed by atoms with Crippen LogP contribution >= 0.6 is 11.6 Å². The number of benzene rings is 1. The van der Waals surface area contributed by atoms with Gasteiger partial charge < -0.3 is 10.5 Å². The van der Waals surface area contributed by atoms with Gasteiger partial charge in [-0.25, -0.2) is 0 Å². The lowest BCUT2D eigenvalue weighted by Gasteiger charge is -2.07. The van der Waals surface area contributed by atoms with Crippen LogP contribution in [0.4, 0.5) is 0 Å². The van der Waals surface area contributed by atoms with Crippen LogP contribution in [0.5, 0.6) is 5.75 Å². The van der Waals surface area contributed by atoms with Crippen molar-refractivity contribution in [1.29, 1.82) is 0 Å². The fraction of sp³-hybridized carbons (Fsp3) is 0.250. The molecule has 4 nitrogen and oxygen atoms in total. The molecule has 0 fully saturated rings. The third kappa shape index (κ3) is 2.99. The molecule has 1 aromatic heterocycles. The molecule has 17 heavy (non-hydrogen) atoms. The topological polar surface area (TPSA) is 53.1 Å². The summed E-state index contributed by atoms with van der Waals surface area (Å²) in [4.78, 5) is 0. The summed E-state index contributed by atoms with van der Waals surface area (Å²) in [6, 6.07) is 5.52. The van der Waals surface area contributed by atoms with Crippen LogP contribution in [0.15, 0.2) is 30.6 Å². The molecular weight excluding hydrogens is 238 g/mol. The van der Waals surface area contributed by atoms with Crippen LogP contribution in [0.2, 0.25) is 5.02 Å². The molecule has 0 spiro atoms. The molecule has 0 aliphatic carbocycles. The van der Waals surface area contributed by atoms with Gasteiger partial charge in [0.25, 0.3) is 0 Å². The number of rotatable bonds is 4. The van der Waals surface area contributed by atoms with Gasteiger partial charge in [0.15, 0.2) is 0 Å². The van der Waals surface area contributed by atoms with E-state index in [1.54, 1.807) is 16.9 Å². The number of aromatic nitrogens is 2. The highest BCUT2D eigenvalue weighted by atomic mass is 35.5. The molecule has 2 rings (SSSR count). The quantitative estimate of drug-likeness (QED) is 0.906. The SMILES string of the molecule is Cn1cc(COc2ccc(CN)c(Cl)c2)cn1. The zero-order valence-corrected chi connectivity index (χ0v) is 10.3. The maximum atomic E-state index is 6.04. The summed E-state index contributed by atoms with van der Waals surface area (Å²) in [5.41, 5.74) is 7.47. The van der Waals surface area contributed by atoms with E-state index in [1.165, 1.54) is 0 Å². The number of halogens is 1. The molecule has 0 bridgehead atoms.